The van der Waals surface area contributed by atoms with Crippen LogP contribution in [0.1, 0.15) is 38.5 Å². The molecule has 0 unspecified atom stereocenters. The molecule has 0 atom stereocenters. The van der Waals surface area contributed by atoms with Crippen LogP contribution >= 0.6 is 23.1 Å². The van der Waals surface area contributed by atoms with Gasteiger partial charge < -0.3 is 10.6 Å². The summed E-state index contributed by atoms with van der Waals surface area (Å²) in [5.74, 6) is -0.0137. The highest BCUT2D eigenvalue weighted by Gasteiger charge is 2.24. The first-order valence-electron chi connectivity index (χ1n) is 6.66. The van der Waals surface area contributed by atoms with Crippen LogP contribution in [0.2, 0.25) is 0 Å². The summed E-state index contributed by atoms with van der Waals surface area (Å²) in [7, 11) is 0. The summed E-state index contributed by atoms with van der Waals surface area (Å²) >= 11 is 3.62. The Labute approximate surface area is 124 Å². The molecule has 3 nitrogen and oxygen atoms in total. The molecule has 1 heterocycles. The average molecular weight is 300 g/mol. The molecule has 0 aliphatic heterocycles. The molecule has 0 radical (unpaired) electrons. The Kier molecular flexibility index (Phi) is 6.89. The van der Waals surface area contributed by atoms with E-state index >= 15 is 0 Å². The van der Waals surface area contributed by atoms with Crippen LogP contribution in [0.15, 0.2) is 11.4 Å². The van der Waals surface area contributed by atoms with Crippen molar-refractivity contribution in [1.82, 2.24) is 5.32 Å². The molecule has 5 heteroatoms. The van der Waals surface area contributed by atoms with Gasteiger partial charge in [0.05, 0.1) is 5.69 Å². The van der Waals surface area contributed by atoms with Crippen LogP contribution in [0.5, 0.6) is 0 Å². The Morgan fingerprint density at radius 1 is 1.42 bits per heavy atom. The van der Waals surface area contributed by atoms with Crippen LogP contribution in [0.25, 0.3) is 0 Å². The van der Waals surface area contributed by atoms with Gasteiger partial charge in [0.15, 0.2) is 0 Å². The van der Waals surface area contributed by atoms with Gasteiger partial charge in [0.1, 0.15) is 0 Å². The maximum absolute atomic E-state index is 11.1. The molecule has 0 fully saturated rings. The van der Waals surface area contributed by atoms with E-state index in [9.17, 15) is 4.79 Å². The van der Waals surface area contributed by atoms with Gasteiger partial charge in [-0.2, -0.15) is 11.8 Å². The lowest BCUT2D eigenvalue weighted by Crippen LogP contribution is -2.36. The van der Waals surface area contributed by atoms with Crippen molar-refractivity contribution in [3.8, 4) is 0 Å². The predicted molar refractivity (Wildman–Crippen MR) is 87.2 cm³/mol. The van der Waals surface area contributed by atoms with Crippen LogP contribution in [0.4, 0.5) is 5.69 Å². The molecule has 0 saturated heterocycles. The fourth-order valence-corrected chi connectivity index (χ4v) is 3.67. The van der Waals surface area contributed by atoms with Crippen molar-refractivity contribution in [3.05, 3.63) is 16.3 Å². The number of rotatable bonds is 8. The molecule has 2 N–H and O–H groups in total. The number of anilines is 1. The van der Waals surface area contributed by atoms with Gasteiger partial charge in [-0.25, -0.2) is 0 Å². The standard InChI is InChI=1S/C14H24N2OS2/c1-5-14(6-2,18-4)10-15-9-13-12(7-8-19-13)16-11(3)17/h7-8,15H,5-6,9-10H2,1-4H3,(H,16,17). The van der Waals surface area contributed by atoms with Crippen LogP contribution in [0, 0.1) is 0 Å². The van der Waals surface area contributed by atoms with E-state index < -0.39 is 0 Å². The number of hydrogen-bond donors (Lipinski definition) is 2. The van der Waals surface area contributed by atoms with Gasteiger partial charge in [-0.3, -0.25) is 4.79 Å². The highest BCUT2D eigenvalue weighted by molar-refractivity contribution is 8.00. The third-order valence-corrected chi connectivity index (χ3v) is 6.02. The number of carbonyl (C=O) groups excluding carboxylic acids is 1. The Balaban J connectivity index is 2.53. The quantitative estimate of drug-likeness (QED) is 0.769. The molecule has 0 spiro atoms. The third-order valence-electron chi connectivity index (χ3n) is 3.51. The van der Waals surface area contributed by atoms with Crippen molar-refractivity contribution in [2.75, 3.05) is 18.1 Å². The predicted octanol–water partition coefficient (Wildman–Crippen LogP) is 3.72. The fraction of sp³-hybridized carbons (Fsp3) is 0.643. The van der Waals surface area contributed by atoms with Gasteiger partial charge in [0.2, 0.25) is 5.91 Å². The van der Waals surface area contributed by atoms with E-state index in [2.05, 4.69) is 30.7 Å². The van der Waals surface area contributed by atoms with E-state index in [1.807, 2.05) is 23.2 Å². The van der Waals surface area contributed by atoms with Gasteiger partial charge in [-0.1, -0.05) is 13.8 Å². The third kappa shape index (κ3) is 4.82. The smallest absolute Gasteiger partial charge is 0.221 e. The lowest BCUT2D eigenvalue weighted by Gasteiger charge is -2.30. The molecule has 0 aliphatic rings. The van der Waals surface area contributed by atoms with Gasteiger partial charge >= 0.3 is 0 Å². The number of hydrogen-bond acceptors (Lipinski definition) is 4. The van der Waals surface area contributed by atoms with Gasteiger partial charge in [0, 0.05) is 29.6 Å². The lowest BCUT2D eigenvalue weighted by atomic mass is 10.0. The van der Waals surface area contributed by atoms with Crippen molar-refractivity contribution in [2.24, 2.45) is 0 Å². The van der Waals surface area contributed by atoms with E-state index in [0.717, 1.165) is 18.8 Å². The average Bonchev–Trinajstić information content (AvgIpc) is 2.82. The molecule has 1 aromatic rings. The highest BCUT2D eigenvalue weighted by atomic mass is 32.2. The van der Waals surface area contributed by atoms with E-state index in [0.29, 0.717) is 4.75 Å². The lowest BCUT2D eigenvalue weighted by molar-refractivity contribution is -0.114. The molecular formula is C14H24N2OS2. The van der Waals surface area contributed by atoms with Gasteiger partial charge in [-0.15, -0.1) is 11.3 Å². The monoisotopic (exact) mass is 300 g/mol. The molecule has 0 saturated carbocycles. The molecule has 1 rings (SSSR count). The topological polar surface area (TPSA) is 41.1 Å². The fourth-order valence-electron chi connectivity index (χ4n) is 2.04. The van der Waals surface area contributed by atoms with Gasteiger partial charge in [0.25, 0.3) is 0 Å². The SMILES string of the molecule is CCC(CC)(CNCc1sccc1NC(C)=O)SC. The van der Waals surface area contributed by atoms with E-state index in [-0.39, 0.29) is 5.91 Å². The largest absolute Gasteiger partial charge is 0.325 e. The zero-order valence-electron chi connectivity index (χ0n) is 12.2. The van der Waals surface area contributed by atoms with Crippen molar-refractivity contribution in [1.29, 1.82) is 0 Å². The molecule has 1 aromatic heterocycles. The van der Waals surface area contributed by atoms with E-state index in [1.165, 1.54) is 17.7 Å². The normalized spacial score (nSPS) is 11.6. The summed E-state index contributed by atoms with van der Waals surface area (Å²) in [6.07, 6.45) is 4.52. The minimum atomic E-state index is -0.0137. The summed E-state index contributed by atoms with van der Waals surface area (Å²) in [5.41, 5.74) is 0.938. The first kappa shape index (κ1) is 16.5. The second-order valence-electron chi connectivity index (χ2n) is 4.64. The van der Waals surface area contributed by atoms with Crippen LogP contribution in [-0.4, -0.2) is 23.5 Å². The number of thiophene rings is 1. The summed E-state index contributed by atoms with van der Waals surface area (Å²) in [5, 5.41) is 8.42. The number of nitrogens with one attached hydrogen (secondary N) is 2. The van der Waals surface area contributed by atoms with E-state index in [4.69, 9.17) is 0 Å². The first-order chi connectivity index (χ1) is 9.06. The summed E-state index contributed by atoms with van der Waals surface area (Å²) < 4.78 is 0.325. The second kappa shape index (κ2) is 7.92. The minimum Gasteiger partial charge on any atom is -0.325 e. The minimum absolute atomic E-state index is 0.0137. The van der Waals surface area contributed by atoms with Crippen molar-refractivity contribution in [2.45, 2.75) is 44.9 Å². The maximum Gasteiger partial charge on any atom is 0.221 e. The zero-order chi connectivity index (χ0) is 14.3. The summed E-state index contributed by atoms with van der Waals surface area (Å²) in [6.45, 7) is 7.85. The van der Waals surface area contributed by atoms with Crippen LogP contribution < -0.4 is 10.6 Å². The molecule has 19 heavy (non-hydrogen) atoms. The molecule has 0 bridgehead atoms. The Morgan fingerprint density at radius 3 is 2.63 bits per heavy atom. The van der Waals surface area contributed by atoms with Crippen LogP contribution in [0.3, 0.4) is 0 Å². The van der Waals surface area contributed by atoms with Crippen molar-refractivity contribution >= 4 is 34.7 Å². The Hall–Kier alpha value is -0.520. The molecule has 0 aromatic carbocycles. The second-order valence-corrected chi connectivity index (χ2v) is 6.91. The van der Waals surface area contributed by atoms with Crippen molar-refractivity contribution in [3.63, 3.8) is 0 Å². The highest BCUT2D eigenvalue weighted by Crippen LogP contribution is 2.30. The summed E-state index contributed by atoms with van der Waals surface area (Å²) in [6, 6.07) is 1.96. The van der Waals surface area contributed by atoms with Gasteiger partial charge in [-0.05, 0) is 30.5 Å². The number of thioether (sulfide) groups is 1. The Bertz CT molecular complexity index is 392. The van der Waals surface area contributed by atoms with Crippen molar-refractivity contribution < 1.29 is 4.79 Å². The zero-order valence-corrected chi connectivity index (χ0v) is 13.8. The number of carbonyl (C=O) groups is 1. The molecule has 108 valence electrons. The maximum atomic E-state index is 11.1. The first-order valence-corrected chi connectivity index (χ1v) is 8.77. The number of amides is 1. The van der Waals surface area contributed by atoms with Crippen LogP contribution in [-0.2, 0) is 11.3 Å². The van der Waals surface area contributed by atoms with E-state index in [1.54, 1.807) is 18.3 Å². The summed E-state index contributed by atoms with van der Waals surface area (Å²) in [4.78, 5) is 12.3. The molecular weight excluding hydrogens is 276 g/mol. The molecule has 0 aliphatic carbocycles. The molecule has 1 amide bonds. The Morgan fingerprint density at radius 2 is 2.11 bits per heavy atom.